The second kappa shape index (κ2) is 12.8. The van der Waals surface area contributed by atoms with Crippen LogP contribution in [0.25, 0.3) is 0 Å². The van der Waals surface area contributed by atoms with Gasteiger partial charge < -0.3 is 4.90 Å². The third kappa shape index (κ3) is 8.72. The number of ketones is 1. The number of carbonyl (C=O) groups is 1. The maximum Gasteiger partial charge on any atom is 0.166 e. The molecule has 0 aliphatic heterocycles. The average Bonchev–Trinajstić information content (AvgIpc) is 2.49. The van der Waals surface area contributed by atoms with Crippen LogP contribution in [0.1, 0.15) is 32.6 Å². The molecule has 0 spiro atoms. The fraction of sp³-hybridized carbons (Fsp3) is 0.529. The summed E-state index contributed by atoms with van der Waals surface area (Å²) in [6, 6.07) is 0. The van der Waals surface area contributed by atoms with Gasteiger partial charge in [-0.25, -0.2) is 4.99 Å². The zero-order chi connectivity index (χ0) is 17.8. The number of aliphatic imine (C=N–C) groups is 1. The van der Waals surface area contributed by atoms with E-state index in [2.05, 4.69) is 34.9 Å². The lowest BCUT2D eigenvalue weighted by atomic mass is 9.80. The van der Waals surface area contributed by atoms with Crippen LogP contribution in [0.15, 0.2) is 40.5 Å². The molecule has 0 aromatic rings. The molecular weight excluding hydrogens is 344 g/mol. The van der Waals surface area contributed by atoms with E-state index < -0.39 is 0 Å². The number of Topliss-reactive ketones (excluding diaryl/α,β-unsaturated/α-hetero) is 1. The Morgan fingerprint density at radius 1 is 1.39 bits per heavy atom. The Hall–Kier alpha value is -0.590. The number of thiol groups is 2. The van der Waals surface area contributed by atoms with Crippen LogP contribution in [-0.4, -0.2) is 36.7 Å². The zero-order valence-electron chi connectivity index (χ0n) is 14.5. The fourth-order valence-electron chi connectivity index (χ4n) is 2.13. The highest BCUT2D eigenvalue weighted by atomic mass is 33.1. The molecule has 130 valence electrons. The summed E-state index contributed by atoms with van der Waals surface area (Å²) in [7, 11) is 3.85. The van der Waals surface area contributed by atoms with Crippen LogP contribution < -0.4 is 0 Å². The van der Waals surface area contributed by atoms with Crippen LogP contribution >= 0.6 is 35.1 Å². The topological polar surface area (TPSA) is 32.7 Å². The summed E-state index contributed by atoms with van der Waals surface area (Å²) in [4.78, 5) is 19.0. The van der Waals surface area contributed by atoms with Crippen molar-refractivity contribution in [2.24, 2.45) is 10.9 Å². The SMILES string of the molecule is C=C(/N=C(\C=C/C)C(=C\N(C)C)/C(=O)CC1CCC1)SC.SS. The highest BCUT2D eigenvalue weighted by Gasteiger charge is 2.24. The predicted molar refractivity (Wildman–Crippen MR) is 112 cm³/mol. The minimum atomic E-state index is 0.180. The standard InChI is InChI=1S/C17H26N2OS.H2S2/c1-6-8-16(18-13(2)21-5)15(12-19(3)4)17(20)11-14-9-7-10-14;1-2/h6,8,12,14H,2,7,9-11H2,1,3-5H3;1-2H/b8-6-,15-12+,18-16+;. The van der Waals surface area contributed by atoms with Crippen molar-refractivity contribution in [1.82, 2.24) is 4.90 Å². The number of rotatable bonds is 8. The van der Waals surface area contributed by atoms with Crippen LogP contribution in [0.4, 0.5) is 0 Å². The number of nitrogens with zero attached hydrogens (tertiary/aromatic N) is 2. The van der Waals surface area contributed by atoms with E-state index in [9.17, 15) is 4.79 Å². The Morgan fingerprint density at radius 2 is 2.00 bits per heavy atom. The maximum absolute atomic E-state index is 12.6. The van der Waals surface area contributed by atoms with Crippen LogP contribution in [0.5, 0.6) is 0 Å². The summed E-state index contributed by atoms with van der Waals surface area (Å²) in [6.07, 6.45) is 11.8. The van der Waals surface area contributed by atoms with Gasteiger partial charge in [-0.05, 0) is 25.2 Å². The zero-order valence-corrected chi connectivity index (χ0v) is 17.1. The van der Waals surface area contributed by atoms with Crippen LogP contribution in [0.2, 0.25) is 0 Å². The van der Waals surface area contributed by atoms with Crippen LogP contribution in [-0.2, 0) is 4.79 Å². The van der Waals surface area contributed by atoms with Gasteiger partial charge in [0.25, 0.3) is 0 Å². The van der Waals surface area contributed by atoms with Gasteiger partial charge in [-0.3, -0.25) is 4.79 Å². The van der Waals surface area contributed by atoms with Gasteiger partial charge in [-0.2, -0.15) is 0 Å². The van der Waals surface area contributed by atoms with Crippen molar-refractivity contribution < 1.29 is 4.79 Å². The minimum absolute atomic E-state index is 0.180. The number of thioether (sulfide) groups is 1. The van der Waals surface area contributed by atoms with Gasteiger partial charge in [0.15, 0.2) is 5.78 Å². The van der Waals surface area contributed by atoms with E-state index >= 15 is 0 Å². The number of carbonyl (C=O) groups excluding carboxylic acids is 1. The van der Waals surface area contributed by atoms with E-state index in [4.69, 9.17) is 0 Å². The normalized spacial score (nSPS) is 15.7. The first kappa shape index (κ1) is 22.4. The number of allylic oxidation sites excluding steroid dienone is 3. The van der Waals surface area contributed by atoms with Crippen molar-refractivity contribution in [3.05, 3.63) is 35.5 Å². The molecule has 0 aromatic heterocycles. The van der Waals surface area contributed by atoms with Gasteiger partial charge in [0.1, 0.15) is 0 Å². The Morgan fingerprint density at radius 3 is 2.39 bits per heavy atom. The molecule has 6 heteroatoms. The molecule has 3 nitrogen and oxygen atoms in total. The van der Waals surface area contributed by atoms with Crippen molar-refractivity contribution >= 4 is 46.6 Å². The van der Waals surface area contributed by atoms with E-state index in [1.807, 2.05) is 50.5 Å². The number of hydrogen-bond donors (Lipinski definition) is 2. The molecular formula is C17H28N2OS3. The molecule has 0 bridgehead atoms. The highest BCUT2D eigenvalue weighted by Crippen LogP contribution is 2.30. The van der Waals surface area contributed by atoms with Crippen LogP contribution in [0, 0.1) is 5.92 Å². The Bertz CT molecular complexity index is 478. The summed E-state index contributed by atoms with van der Waals surface area (Å²) >= 11 is 7.93. The van der Waals surface area contributed by atoms with Gasteiger partial charge in [-0.15, -0.1) is 35.1 Å². The Balaban J connectivity index is 0.00000232. The van der Waals surface area contributed by atoms with Crippen molar-refractivity contribution in [3.8, 4) is 0 Å². The van der Waals surface area contributed by atoms with Gasteiger partial charge in [0, 0.05) is 26.7 Å². The predicted octanol–water partition coefficient (Wildman–Crippen LogP) is 4.80. The lowest BCUT2D eigenvalue weighted by molar-refractivity contribution is -0.116. The second-order valence-electron chi connectivity index (χ2n) is 5.53. The number of hydrogen-bond acceptors (Lipinski definition) is 6. The first-order chi connectivity index (χ1) is 11.0. The van der Waals surface area contributed by atoms with Crippen molar-refractivity contribution in [2.45, 2.75) is 32.6 Å². The molecule has 1 aliphatic carbocycles. The summed E-state index contributed by atoms with van der Waals surface area (Å²) in [6.45, 7) is 5.83. The fourth-order valence-corrected chi connectivity index (χ4v) is 2.32. The molecule has 1 saturated carbocycles. The third-order valence-electron chi connectivity index (χ3n) is 3.47. The first-order valence-electron chi connectivity index (χ1n) is 7.54. The smallest absolute Gasteiger partial charge is 0.166 e. The minimum Gasteiger partial charge on any atom is -0.383 e. The molecule has 0 amide bonds. The Kier molecular flexibility index (Phi) is 12.5. The van der Waals surface area contributed by atoms with Gasteiger partial charge in [0.05, 0.1) is 16.3 Å². The summed E-state index contributed by atoms with van der Waals surface area (Å²) in [5.74, 6) is 0.734. The van der Waals surface area contributed by atoms with Crippen molar-refractivity contribution in [3.63, 3.8) is 0 Å². The highest BCUT2D eigenvalue weighted by molar-refractivity contribution is 8.59. The summed E-state index contributed by atoms with van der Waals surface area (Å²) < 4.78 is 0. The monoisotopic (exact) mass is 372 g/mol. The molecule has 0 atom stereocenters. The summed E-state index contributed by atoms with van der Waals surface area (Å²) in [5.41, 5.74) is 1.38. The molecule has 0 N–H and O–H groups in total. The van der Waals surface area contributed by atoms with Gasteiger partial charge in [0.2, 0.25) is 0 Å². The van der Waals surface area contributed by atoms with Crippen molar-refractivity contribution in [1.29, 1.82) is 0 Å². The van der Waals surface area contributed by atoms with Crippen LogP contribution in [0.3, 0.4) is 0 Å². The van der Waals surface area contributed by atoms with E-state index in [0.717, 1.165) is 0 Å². The molecule has 0 aromatic carbocycles. The molecule has 0 saturated heterocycles. The van der Waals surface area contributed by atoms with E-state index in [0.29, 0.717) is 28.7 Å². The largest absolute Gasteiger partial charge is 0.383 e. The lowest BCUT2D eigenvalue weighted by Crippen LogP contribution is -2.21. The molecule has 1 rings (SSSR count). The maximum atomic E-state index is 12.6. The van der Waals surface area contributed by atoms with Crippen molar-refractivity contribution in [2.75, 3.05) is 20.4 Å². The lowest BCUT2D eigenvalue weighted by Gasteiger charge is -2.25. The first-order valence-corrected chi connectivity index (χ1v) is 10.4. The third-order valence-corrected chi connectivity index (χ3v) is 4.03. The average molecular weight is 373 g/mol. The Labute approximate surface area is 155 Å². The molecule has 0 heterocycles. The van der Waals surface area contributed by atoms with Gasteiger partial charge in [-0.1, -0.05) is 31.9 Å². The molecule has 1 fully saturated rings. The van der Waals surface area contributed by atoms with E-state index in [1.54, 1.807) is 0 Å². The molecule has 0 radical (unpaired) electrons. The van der Waals surface area contributed by atoms with E-state index in [-0.39, 0.29) is 5.78 Å². The van der Waals surface area contributed by atoms with E-state index in [1.165, 1.54) is 31.0 Å². The molecule has 1 aliphatic rings. The molecule has 23 heavy (non-hydrogen) atoms. The summed E-state index contributed by atoms with van der Waals surface area (Å²) in [5, 5.41) is 0.712. The second-order valence-corrected chi connectivity index (χ2v) is 6.41. The van der Waals surface area contributed by atoms with Gasteiger partial charge >= 0.3 is 0 Å². The molecule has 0 unspecified atom stereocenters. The quantitative estimate of drug-likeness (QED) is 0.278.